The summed E-state index contributed by atoms with van der Waals surface area (Å²) in [6.07, 6.45) is 0.920. The second kappa shape index (κ2) is 7.40. The van der Waals surface area contributed by atoms with Crippen molar-refractivity contribution in [1.29, 1.82) is 0 Å². The summed E-state index contributed by atoms with van der Waals surface area (Å²) in [4.78, 5) is 11.7. The third-order valence-corrected chi connectivity index (χ3v) is 5.62. The molecule has 0 aliphatic carbocycles. The van der Waals surface area contributed by atoms with Crippen LogP contribution in [0, 0.1) is 19.7 Å². The van der Waals surface area contributed by atoms with Crippen molar-refractivity contribution in [3.05, 3.63) is 75.7 Å². The van der Waals surface area contributed by atoms with Gasteiger partial charge in [0.1, 0.15) is 11.6 Å². The quantitative estimate of drug-likeness (QED) is 0.611. The predicted octanol–water partition coefficient (Wildman–Crippen LogP) is 5.75. The van der Waals surface area contributed by atoms with Gasteiger partial charge in [0.05, 0.1) is 6.04 Å². The number of fused-ring (bicyclic) bond motifs is 1. The van der Waals surface area contributed by atoms with Crippen LogP contribution < -0.4 is 10.2 Å². The summed E-state index contributed by atoms with van der Waals surface area (Å²) in [5.74, 6) is 1.16. The highest BCUT2D eigenvalue weighted by molar-refractivity contribution is 6.30. The van der Waals surface area contributed by atoms with Crippen molar-refractivity contribution in [2.45, 2.75) is 33.2 Å². The van der Waals surface area contributed by atoms with E-state index in [2.05, 4.69) is 41.2 Å². The Kier molecular flexibility index (Phi) is 4.94. The highest BCUT2D eigenvalue weighted by atomic mass is 35.5. The van der Waals surface area contributed by atoms with E-state index in [1.807, 2.05) is 13.0 Å². The van der Waals surface area contributed by atoms with Crippen LogP contribution in [0.4, 0.5) is 21.8 Å². The zero-order chi connectivity index (χ0) is 19.8. The molecule has 0 fully saturated rings. The summed E-state index contributed by atoms with van der Waals surface area (Å²) in [6.45, 7) is 7.09. The smallest absolute Gasteiger partial charge is 0.229 e. The van der Waals surface area contributed by atoms with Crippen LogP contribution in [0.5, 0.6) is 0 Å². The van der Waals surface area contributed by atoms with E-state index in [-0.39, 0.29) is 11.9 Å². The molecule has 1 atom stereocenters. The molecular weight excluding hydrogens is 375 g/mol. The highest BCUT2D eigenvalue weighted by Crippen LogP contribution is 2.36. The summed E-state index contributed by atoms with van der Waals surface area (Å²) < 4.78 is 13.2. The lowest BCUT2D eigenvalue weighted by atomic mass is 9.93. The minimum Gasteiger partial charge on any atom is -0.349 e. The third kappa shape index (κ3) is 3.54. The van der Waals surface area contributed by atoms with Crippen molar-refractivity contribution < 1.29 is 4.39 Å². The molecule has 4 nitrogen and oxygen atoms in total. The van der Waals surface area contributed by atoms with Gasteiger partial charge in [0.2, 0.25) is 5.95 Å². The van der Waals surface area contributed by atoms with Crippen molar-refractivity contribution in [3.8, 4) is 0 Å². The van der Waals surface area contributed by atoms with Gasteiger partial charge in [-0.3, -0.25) is 0 Å². The van der Waals surface area contributed by atoms with E-state index in [0.29, 0.717) is 5.95 Å². The molecule has 0 saturated heterocycles. The molecule has 0 saturated carbocycles. The number of hydrogen-bond donors (Lipinski definition) is 1. The SMILES string of the molecule is Cc1nc(Nc2ccc(F)cc2)nc(N2CCc3cc(Cl)ccc3C2C)c1C. The average molecular weight is 397 g/mol. The summed E-state index contributed by atoms with van der Waals surface area (Å²) in [5.41, 5.74) is 5.31. The van der Waals surface area contributed by atoms with Gasteiger partial charge >= 0.3 is 0 Å². The lowest BCUT2D eigenvalue weighted by Gasteiger charge is -2.37. The lowest BCUT2D eigenvalue weighted by Crippen LogP contribution is -2.35. The molecule has 144 valence electrons. The van der Waals surface area contributed by atoms with E-state index < -0.39 is 0 Å². The van der Waals surface area contributed by atoms with Crippen LogP contribution in [0.3, 0.4) is 0 Å². The Morgan fingerprint density at radius 1 is 1.11 bits per heavy atom. The van der Waals surface area contributed by atoms with Gasteiger partial charge in [-0.2, -0.15) is 4.98 Å². The number of nitrogens with one attached hydrogen (secondary N) is 1. The molecule has 28 heavy (non-hydrogen) atoms. The Bertz CT molecular complexity index is 1020. The fourth-order valence-corrected chi connectivity index (χ4v) is 3.90. The van der Waals surface area contributed by atoms with Gasteiger partial charge in [-0.25, -0.2) is 9.37 Å². The summed E-state index contributed by atoms with van der Waals surface area (Å²) in [5, 5.41) is 3.96. The molecule has 1 aliphatic rings. The first kappa shape index (κ1) is 18.7. The van der Waals surface area contributed by atoms with E-state index in [1.165, 1.54) is 23.3 Å². The van der Waals surface area contributed by atoms with Gasteiger partial charge in [0.25, 0.3) is 0 Å². The normalized spacial score (nSPS) is 16.0. The van der Waals surface area contributed by atoms with E-state index in [4.69, 9.17) is 16.6 Å². The zero-order valence-corrected chi connectivity index (χ0v) is 16.9. The van der Waals surface area contributed by atoms with Gasteiger partial charge < -0.3 is 10.2 Å². The molecule has 1 aromatic heterocycles. The predicted molar refractivity (Wildman–Crippen MR) is 112 cm³/mol. The molecule has 0 radical (unpaired) electrons. The molecule has 2 heterocycles. The number of aryl methyl sites for hydroxylation is 1. The molecule has 0 amide bonds. The van der Waals surface area contributed by atoms with Crippen LogP contribution in [0.1, 0.15) is 35.3 Å². The van der Waals surface area contributed by atoms with E-state index >= 15 is 0 Å². The van der Waals surface area contributed by atoms with Crippen molar-refractivity contribution in [2.24, 2.45) is 0 Å². The van der Waals surface area contributed by atoms with Gasteiger partial charge in [-0.05, 0) is 74.7 Å². The van der Waals surface area contributed by atoms with Gasteiger partial charge in [-0.1, -0.05) is 17.7 Å². The monoisotopic (exact) mass is 396 g/mol. The number of rotatable bonds is 3. The van der Waals surface area contributed by atoms with Crippen molar-refractivity contribution >= 4 is 29.1 Å². The van der Waals surface area contributed by atoms with Crippen LogP contribution in [0.25, 0.3) is 0 Å². The molecule has 1 N–H and O–H groups in total. The van der Waals surface area contributed by atoms with Crippen molar-refractivity contribution in [1.82, 2.24) is 9.97 Å². The number of halogens is 2. The van der Waals surface area contributed by atoms with Crippen LogP contribution >= 0.6 is 11.6 Å². The molecule has 0 bridgehead atoms. The molecular formula is C22H22ClFN4. The Morgan fingerprint density at radius 3 is 2.61 bits per heavy atom. The Morgan fingerprint density at radius 2 is 1.86 bits per heavy atom. The van der Waals surface area contributed by atoms with Crippen molar-refractivity contribution in [3.63, 3.8) is 0 Å². The molecule has 2 aromatic carbocycles. The Labute approximate surface area is 169 Å². The van der Waals surface area contributed by atoms with E-state index in [1.54, 1.807) is 12.1 Å². The first-order valence-electron chi connectivity index (χ1n) is 9.35. The fourth-order valence-electron chi connectivity index (χ4n) is 3.70. The topological polar surface area (TPSA) is 41.1 Å². The molecule has 0 spiro atoms. The molecule has 3 aromatic rings. The van der Waals surface area contributed by atoms with E-state index in [0.717, 1.165) is 40.8 Å². The number of hydrogen-bond acceptors (Lipinski definition) is 4. The average Bonchev–Trinajstić information content (AvgIpc) is 2.67. The molecule has 1 aliphatic heterocycles. The lowest BCUT2D eigenvalue weighted by molar-refractivity contribution is 0.614. The zero-order valence-electron chi connectivity index (χ0n) is 16.1. The van der Waals surface area contributed by atoms with Crippen LogP contribution in [-0.2, 0) is 6.42 Å². The summed E-state index contributed by atoms with van der Waals surface area (Å²) in [6, 6.07) is 12.5. The highest BCUT2D eigenvalue weighted by Gasteiger charge is 2.27. The number of aromatic nitrogens is 2. The minimum atomic E-state index is -0.270. The summed E-state index contributed by atoms with van der Waals surface area (Å²) in [7, 11) is 0. The second-order valence-corrected chi connectivity index (χ2v) is 7.61. The second-order valence-electron chi connectivity index (χ2n) is 7.18. The Balaban J connectivity index is 1.68. The Hall–Kier alpha value is -2.66. The van der Waals surface area contributed by atoms with Gasteiger partial charge in [0.15, 0.2) is 0 Å². The van der Waals surface area contributed by atoms with Crippen molar-refractivity contribution in [2.75, 3.05) is 16.8 Å². The first-order chi connectivity index (χ1) is 13.4. The maximum absolute atomic E-state index is 13.2. The van der Waals surface area contributed by atoms with Crippen LogP contribution in [-0.4, -0.2) is 16.5 Å². The number of benzene rings is 2. The fraction of sp³-hybridized carbons (Fsp3) is 0.273. The summed E-state index contributed by atoms with van der Waals surface area (Å²) >= 11 is 6.17. The van der Waals surface area contributed by atoms with E-state index in [9.17, 15) is 4.39 Å². The maximum atomic E-state index is 13.2. The number of anilines is 3. The van der Waals surface area contributed by atoms with Crippen LogP contribution in [0.15, 0.2) is 42.5 Å². The first-order valence-corrected chi connectivity index (χ1v) is 9.73. The maximum Gasteiger partial charge on any atom is 0.229 e. The standard InChI is InChI=1S/C22H22ClFN4/c1-13-14(2)25-22(26-19-7-5-18(24)6-8-19)27-21(13)28-11-10-16-12-17(23)4-9-20(16)15(28)3/h4-9,12,15H,10-11H2,1-3H3,(H,25,26,27). The molecule has 1 unspecified atom stereocenters. The molecule has 4 rings (SSSR count). The number of nitrogens with zero attached hydrogens (tertiary/aromatic N) is 3. The third-order valence-electron chi connectivity index (χ3n) is 5.38. The minimum absolute atomic E-state index is 0.188. The van der Waals surface area contributed by atoms with Gasteiger partial charge in [-0.15, -0.1) is 0 Å². The largest absolute Gasteiger partial charge is 0.349 e. The molecule has 6 heteroatoms. The van der Waals surface area contributed by atoms with Gasteiger partial charge in [0, 0.05) is 28.5 Å². The van der Waals surface area contributed by atoms with Crippen LogP contribution in [0.2, 0.25) is 5.02 Å².